The van der Waals surface area contributed by atoms with Crippen molar-refractivity contribution in [3.8, 4) is 0 Å². The Kier molecular flexibility index (Phi) is 6.86. The summed E-state index contributed by atoms with van der Waals surface area (Å²) in [6, 6.07) is 0. The van der Waals surface area contributed by atoms with Gasteiger partial charge in [0.15, 0.2) is 0 Å². The molecule has 3 N–H and O–H groups in total. The van der Waals surface area contributed by atoms with E-state index in [4.69, 9.17) is 0 Å². The van der Waals surface area contributed by atoms with E-state index in [-0.39, 0.29) is 18.3 Å². The summed E-state index contributed by atoms with van der Waals surface area (Å²) in [4.78, 5) is 10.7. The summed E-state index contributed by atoms with van der Waals surface area (Å²) in [5.41, 5.74) is -0.895. The molecule has 0 heterocycles. The van der Waals surface area contributed by atoms with Gasteiger partial charge >= 0.3 is 0 Å². The van der Waals surface area contributed by atoms with Crippen molar-refractivity contribution in [2.45, 2.75) is 70.2 Å². The normalized spacial score (nSPS) is 33.5. The number of hydrogen-bond donors (Lipinski definition) is 3. The molecule has 0 saturated heterocycles. The van der Waals surface area contributed by atoms with Crippen LogP contribution in [0.2, 0.25) is 0 Å². The van der Waals surface area contributed by atoms with E-state index in [1.807, 2.05) is 0 Å². The third kappa shape index (κ3) is 5.00. The smallest absolute Gasteiger partial charge is 0.120 e. The van der Waals surface area contributed by atoms with Gasteiger partial charge in [-0.2, -0.15) is 0 Å². The molecule has 1 rings (SSSR count). The van der Waals surface area contributed by atoms with Gasteiger partial charge in [0, 0.05) is 24.7 Å². The molecule has 0 aromatic carbocycles. The van der Waals surface area contributed by atoms with Gasteiger partial charge in [-0.3, -0.25) is 0 Å². The summed E-state index contributed by atoms with van der Waals surface area (Å²) < 4.78 is 0. The molecule has 0 bridgehead atoms. The van der Waals surface area contributed by atoms with Crippen LogP contribution in [0.4, 0.5) is 0 Å². The van der Waals surface area contributed by atoms with E-state index in [1.165, 1.54) is 0 Å². The highest BCUT2D eigenvalue weighted by atomic mass is 16.3. The first-order valence-corrected chi connectivity index (χ1v) is 7.62. The maximum absolute atomic E-state index is 10.7. The molecule has 4 heteroatoms. The van der Waals surface area contributed by atoms with Crippen LogP contribution < -0.4 is 0 Å². The molecule has 0 aliphatic heterocycles. The zero-order valence-corrected chi connectivity index (χ0v) is 12.5. The summed E-state index contributed by atoms with van der Waals surface area (Å²) >= 11 is 0. The van der Waals surface area contributed by atoms with Gasteiger partial charge in [0.1, 0.15) is 6.29 Å². The molecule has 4 nitrogen and oxygen atoms in total. The van der Waals surface area contributed by atoms with Gasteiger partial charge in [0.25, 0.3) is 0 Å². The minimum absolute atomic E-state index is 0.241. The van der Waals surface area contributed by atoms with E-state index in [1.54, 1.807) is 19.1 Å². The Morgan fingerprint density at radius 1 is 1.25 bits per heavy atom. The van der Waals surface area contributed by atoms with Gasteiger partial charge in [-0.25, -0.2) is 0 Å². The quantitative estimate of drug-likeness (QED) is 0.361. The standard InChI is InChI=1S/C16H28O4/c1-3-4-5-8-16(2,20)9-6-12-13(7-10-17)15(19)11-14(12)18/h6,9-10,12-15,18-20H,3-5,7-8,11H2,1-2H3/t12?,13?,14?,15?,16-/m0/s1. The SMILES string of the molecule is CCCCC[C@](C)(O)C=CC1C(O)CC(O)C1CC=O. The minimum Gasteiger partial charge on any atom is -0.393 e. The maximum Gasteiger partial charge on any atom is 0.120 e. The van der Waals surface area contributed by atoms with Crippen LogP contribution in [0.1, 0.15) is 52.4 Å². The Balaban J connectivity index is 2.63. The van der Waals surface area contributed by atoms with Gasteiger partial charge in [0.05, 0.1) is 17.8 Å². The summed E-state index contributed by atoms with van der Waals surface area (Å²) in [6.07, 6.45) is 7.36. The summed E-state index contributed by atoms with van der Waals surface area (Å²) in [5, 5.41) is 30.1. The lowest BCUT2D eigenvalue weighted by Gasteiger charge is -2.22. The van der Waals surface area contributed by atoms with E-state index < -0.39 is 17.8 Å². The molecule has 0 spiro atoms. The molecule has 0 aromatic heterocycles. The fourth-order valence-corrected chi connectivity index (χ4v) is 2.95. The van der Waals surface area contributed by atoms with Gasteiger partial charge in [-0.05, 0) is 13.3 Å². The number of aliphatic hydroxyl groups excluding tert-OH is 2. The van der Waals surface area contributed by atoms with Crippen LogP contribution in [0.5, 0.6) is 0 Å². The fraction of sp³-hybridized carbons (Fsp3) is 0.812. The summed E-state index contributed by atoms with van der Waals surface area (Å²) in [5.74, 6) is -0.502. The van der Waals surface area contributed by atoms with E-state index in [0.29, 0.717) is 12.8 Å². The fourth-order valence-electron chi connectivity index (χ4n) is 2.95. The largest absolute Gasteiger partial charge is 0.393 e. The zero-order valence-electron chi connectivity index (χ0n) is 12.5. The molecule has 0 amide bonds. The van der Waals surface area contributed by atoms with Gasteiger partial charge < -0.3 is 20.1 Å². The van der Waals surface area contributed by atoms with Crippen molar-refractivity contribution < 1.29 is 20.1 Å². The number of carbonyl (C=O) groups is 1. The first kappa shape index (κ1) is 17.3. The lowest BCUT2D eigenvalue weighted by Crippen LogP contribution is -2.24. The van der Waals surface area contributed by atoms with Crippen LogP contribution in [0.3, 0.4) is 0 Å². The maximum atomic E-state index is 10.7. The monoisotopic (exact) mass is 284 g/mol. The molecule has 0 radical (unpaired) electrons. The predicted octanol–water partition coefficient (Wildman–Crippen LogP) is 1.82. The van der Waals surface area contributed by atoms with E-state index in [9.17, 15) is 20.1 Å². The van der Waals surface area contributed by atoms with Crippen LogP contribution >= 0.6 is 0 Å². The number of rotatable bonds is 8. The van der Waals surface area contributed by atoms with Crippen LogP contribution in [-0.2, 0) is 4.79 Å². The molecule has 1 fully saturated rings. The Bertz CT molecular complexity index is 324. The van der Waals surface area contributed by atoms with Gasteiger partial charge in [-0.1, -0.05) is 38.3 Å². The Morgan fingerprint density at radius 3 is 2.55 bits per heavy atom. The topological polar surface area (TPSA) is 77.8 Å². The summed E-state index contributed by atoms with van der Waals surface area (Å²) in [6.45, 7) is 3.87. The molecule has 5 atom stereocenters. The molecule has 4 unspecified atom stereocenters. The highest BCUT2D eigenvalue weighted by molar-refractivity contribution is 5.50. The van der Waals surface area contributed by atoms with Crippen molar-refractivity contribution in [3.05, 3.63) is 12.2 Å². The molecule has 1 saturated carbocycles. The summed E-state index contributed by atoms with van der Waals surface area (Å²) in [7, 11) is 0. The minimum atomic E-state index is -0.895. The van der Waals surface area contributed by atoms with E-state index >= 15 is 0 Å². The molecular weight excluding hydrogens is 256 g/mol. The number of aldehydes is 1. The zero-order chi connectivity index (χ0) is 15.2. The second-order valence-corrected chi connectivity index (χ2v) is 6.19. The molecule has 116 valence electrons. The Morgan fingerprint density at radius 2 is 1.95 bits per heavy atom. The first-order chi connectivity index (χ1) is 9.41. The lowest BCUT2D eigenvalue weighted by molar-refractivity contribution is -0.109. The molecular formula is C16H28O4. The van der Waals surface area contributed by atoms with E-state index in [0.717, 1.165) is 25.5 Å². The average Bonchev–Trinajstić information content (AvgIpc) is 2.63. The second-order valence-electron chi connectivity index (χ2n) is 6.19. The number of hydrogen-bond acceptors (Lipinski definition) is 4. The van der Waals surface area contributed by atoms with Crippen molar-refractivity contribution in [2.75, 3.05) is 0 Å². The predicted molar refractivity (Wildman–Crippen MR) is 78.2 cm³/mol. The van der Waals surface area contributed by atoms with E-state index in [2.05, 4.69) is 6.92 Å². The average molecular weight is 284 g/mol. The third-order valence-corrected chi connectivity index (χ3v) is 4.25. The Hall–Kier alpha value is -0.710. The molecule has 0 aromatic rings. The van der Waals surface area contributed by atoms with Gasteiger partial charge in [-0.15, -0.1) is 0 Å². The van der Waals surface area contributed by atoms with Crippen molar-refractivity contribution in [2.24, 2.45) is 11.8 Å². The molecule has 1 aliphatic carbocycles. The molecule has 1 aliphatic rings. The second kappa shape index (κ2) is 7.91. The highest BCUT2D eigenvalue weighted by Crippen LogP contribution is 2.36. The van der Waals surface area contributed by atoms with Crippen LogP contribution in [0.15, 0.2) is 12.2 Å². The van der Waals surface area contributed by atoms with Gasteiger partial charge in [0.2, 0.25) is 0 Å². The first-order valence-electron chi connectivity index (χ1n) is 7.62. The number of aliphatic hydroxyl groups is 3. The highest BCUT2D eigenvalue weighted by Gasteiger charge is 2.40. The van der Waals surface area contributed by atoms with Crippen LogP contribution in [0.25, 0.3) is 0 Å². The third-order valence-electron chi connectivity index (χ3n) is 4.25. The molecule has 20 heavy (non-hydrogen) atoms. The van der Waals surface area contributed by atoms with Crippen molar-refractivity contribution in [1.82, 2.24) is 0 Å². The van der Waals surface area contributed by atoms with Crippen LogP contribution in [0, 0.1) is 11.8 Å². The van der Waals surface area contributed by atoms with Crippen molar-refractivity contribution in [1.29, 1.82) is 0 Å². The van der Waals surface area contributed by atoms with Crippen LogP contribution in [-0.4, -0.2) is 39.4 Å². The number of unbranched alkanes of at least 4 members (excludes halogenated alkanes) is 2. The number of carbonyl (C=O) groups excluding carboxylic acids is 1. The van der Waals surface area contributed by atoms with Crippen molar-refractivity contribution >= 4 is 6.29 Å². The Labute approximate surface area is 121 Å². The van der Waals surface area contributed by atoms with Crippen molar-refractivity contribution in [3.63, 3.8) is 0 Å². The lowest BCUT2D eigenvalue weighted by atomic mass is 9.88.